The first kappa shape index (κ1) is 23.3. The van der Waals surface area contributed by atoms with Crippen LogP contribution >= 0.6 is 34.5 Å². The number of nitrogens with zero attached hydrogens (tertiary/aromatic N) is 2. The van der Waals surface area contributed by atoms with Crippen LogP contribution in [0.5, 0.6) is 0 Å². The van der Waals surface area contributed by atoms with Gasteiger partial charge in [-0.1, -0.05) is 34.4 Å². The molecule has 2 rings (SSSR count). The molecule has 2 amide bonds. The second kappa shape index (κ2) is 9.46. The Morgan fingerprint density at radius 2 is 2.12 bits per heavy atom. The Morgan fingerprint density at radius 1 is 1.46 bits per heavy atom. The number of carbonyl (C=O) groups excluding carboxylic acids is 3. The minimum absolute atomic E-state index is 0. The van der Waals surface area contributed by atoms with Crippen molar-refractivity contribution in [3.63, 3.8) is 0 Å². The smallest absolute Gasteiger partial charge is 0.731 e. The molecule has 0 spiro atoms. The van der Waals surface area contributed by atoms with Crippen molar-refractivity contribution in [2.45, 2.75) is 10.9 Å². The van der Waals surface area contributed by atoms with E-state index in [0.29, 0.717) is 4.88 Å². The van der Waals surface area contributed by atoms with Gasteiger partial charge in [0.25, 0.3) is 11.8 Å². The van der Waals surface area contributed by atoms with Gasteiger partial charge in [-0.2, -0.15) is 0 Å². The van der Waals surface area contributed by atoms with E-state index in [2.05, 4.69) is 15.3 Å². The molecule has 15 heteroatoms. The predicted octanol–water partition coefficient (Wildman–Crippen LogP) is -3.41. The first-order chi connectivity index (χ1) is 11.6. The molecule has 0 aromatic carbocycles. The van der Waals surface area contributed by atoms with Gasteiger partial charge in [0.15, 0.2) is 16.0 Å². The van der Waals surface area contributed by atoms with Crippen molar-refractivity contribution < 1.29 is 61.7 Å². The molecule has 1 fully saturated rings. The number of thiophene rings is 1. The minimum atomic E-state index is -4.92. The van der Waals surface area contributed by atoms with E-state index in [4.69, 9.17) is 23.2 Å². The van der Waals surface area contributed by atoms with Crippen LogP contribution in [-0.4, -0.2) is 58.2 Å². The Morgan fingerprint density at radius 3 is 2.58 bits per heavy atom. The van der Waals surface area contributed by atoms with Gasteiger partial charge in [-0.05, 0) is 11.4 Å². The number of halogens is 2. The van der Waals surface area contributed by atoms with Gasteiger partial charge in [0, 0.05) is 0 Å². The van der Waals surface area contributed by atoms with Gasteiger partial charge >= 0.3 is 35.5 Å². The average molecular weight is 452 g/mol. The molecule has 1 aliphatic rings. The Labute approximate surface area is 183 Å². The van der Waals surface area contributed by atoms with Crippen molar-refractivity contribution in [3.05, 3.63) is 22.4 Å². The Balaban J connectivity index is 0.00000338. The molecular weight excluding hydrogens is 444 g/mol. The zero-order valence-electron chi connectivity index (χ0n) is 12.9. The fraction of sp³-hybridized carbons (Fsp3) is 0.273. The number of alkyl halides is 2. The first-order valence-electron chi connectivity index (χ1n) is 6.30. The summed E-state index contributed by atoms with van der Waals surface area (Å²) in [6, 6.07) is 1.87. The van der Waals surface area contributed by atoms with E-state index >= 15 is 0 Å². The number of nitrogens with one attached hydrogen (secondary N) is 1. The predicted molar refractivity (Wildman–Crippen MR) is 85.8 cm³/mol. The van der Waals surface area contributed by atoms with Crippen molar-refractivity contribution in [1.82, 2.24) is 9.62 Å². The van der Waals surface area contributed by atoms with Crippen LogP contribution in [0.15, 0.2) is 22.7 Å². The van der Waals surface area contributed by atoms with Crippen molar-refractivity contribution >= 4 is 68.3 Å². The molecule has 1 aromatic heterocycles. The molecule has 10 nitrogen and oxygen atoms in total. The van der Waals surface area contributed by atoms with Crippen LogP contribution in [0, 0.1) is 0 Å². The number of β-lactam (4-membered cyclic amide) rings is 1. The monoisotopic (exact) mass is 451 g/mol. The van der Waals surface area contributed by atoms with Crippen molar-refractivity contribution in [2.24, 2.45) is 5.16 Å². The summed E-state index contributed by atoms with van der Waals surface area (Å²) in [6.07, 6.45) is 0. The fourth-order valence-corrected chi connectivity index (χ4v) is 3.13. The number of oxime groups is 1. The van der Waals surface area contributed by atoms with E-state index in [9.17, 15) is 27.4 Å². The standard InChI is InChI=1S/C11H9Cl2N3O7S2.Na/c12-8(13)11(19)23-15-7(6-2-1-3-24-6)9(17)14-5-4-16(10(5)18)25(20,21)22;/h1-3,5,8H,4H2,(H,14,17)(H,20,21,22);/q;+1/p-1. The summed E-state index contributed by atoms with van der Waals surface area (Å²) in [7, 11) is -4.92. The van der Waals surface area contributed by atoms with Gasteiger partial charge in [0.2, 0.25) is 4.84 Å². The normalized spacial score (nSPS) is 17.4. The molecule has 0 saturated carbocycles. The summed E-state index contributed by atoms with van der Waals surface area (Å²) in [5.41, 5.74) is -0.353. The van der Waals surface area contributed by atoms with E-state index in [-0.39, 0.29) is 39.6 Å². The van der Waals surface area contributed by atoms with Gasteiger partial charge in [0.1, 0.15) is 6.04 Å². The molecule has 0 radical (unpaired) electrons. The molecule has 1 unspecified atom stereocenters. The molecule has 0 aliphatic carbocycles. The molecule has 1 saturated heterocycles. The maximum Gasteiger partial charge on any atom is 1.00 e. The van der Waals surface area contributed by atoms with Gasteiger partial charge < -0.3 is 14.7 Å². The molecule has 136 valence electrons. The summed E-state index contributed by atoms with van der Waals surface area (Å²) in [6.45, 7) is -0.501. The molecule has 1 atom stereocenters. The van der Waals surface area contributed by atoms with Crippen molar-refractivity contribution in [3.8, 4) is 0 Å². The first-order valence-corrected chi connectivity index (χ1v) is 9.42. The third-order valence-electron chi connectivity index (χ3n) is 2.84. The van der Waals surface area contributed by atoms with E-state index < -0.39 is 45.5 Å². The van der Waals surface area contributed by atoms with E-state index in [1.807, 2.05) is 0 Å². The van der Waals surface area contributed by atoms with Gasteiger partial charge in [-0.15, -0.1) is 11.3 Å². The second-order valence-electron chi connectivity index (χ2n) is 4.48. The summed E-state index contributed by atoms with van der Waals surface area (Å²) in [4.78, 5) is 38.3. The second-order valence-corrected chi connectivity index (χ2v) is 7.82. The fourth-order valence-electron chi connectivity index (χ4n) is 1.67. The number of amides is 2. The van der Waals surface area contributed by atoms with Crippen LogP contribution < -0.4 is 34.9 Å². The topological polar surface area (TPSA) is 145 Å². The number of carbonyl (C=O) groups is 3. The third kappa shape index (κ3) is 5.63. The molecular formula is C11H8Cl2N3NaO7S2. The zero-order chi connectivity index (χ0) is 18.8. The molecule has 1 aliphatic heterocycles. The third-order valence-corrected chi connectivity index (χ3v) is 4.94. The maximum atomic E-state index is 12.2. The van der Waals surface area contributed by atoms with Crippen LogP contribution in [0.2, 0.25) is 0 Å². The van der Waals surface area contributed by atoms with E-state index in [1.165, 1.54) is 6.07 Å². The summed E-state index contributed by atoms with van der Waals surface area (Å²) in [5.74, 6) is -3.11. The van der Waals surface area contributed by atoms with Gasteiger partial charge in [-0.3, -0.25) is 9.59 Å². The van der Waals surface area contributed by atoms with E-state index in [0.717, 1.165) is 11.3 Å². The molecule has 1 aromatic rings. The van der Waals surface area contributed by atoms with Crippen LogP contribution in [0.25, 0.3) is 0 Å². The zero-order valence-corrected chi connectivity index (χ0v) is 18.1. The summed E-state index contributed by atoms with van der Waals surface area (Å²) >= 11 is 11.7. The molecule has 1 N–H and O–H groups in total. The summed E-state index contributed by atoms with van der Waals surface area (Å²) < 4.78 is 32.3. The van der Waals surface area contributed by atoms with Gasteiger partial charge in [0.05, 0.1) is 11.4 Å². The van der Waals surface area contributed by atoms with Gasteiger partial charge in [-0.25, -0.2) is 17.5 Å². The number of hydrogen-bond donors (Lipinski definition) is 1. The van der Waals surface area contributed by atoms with Crippen LogP contribution in [0.4, 0.5) is 0 Å². The Bertz CT molecular complexity index is 829. The van der Waals surface area contributed by atoms with Crippen LogP contribution in [0.3, 0.4) is 0 Å². The molecule has 26 heavy (non-hydrogen) atoms. The van der Waals surface area contributed by atoms with Crippen LogP contribution in [-0.2, 0) is 29.5 Å². The summed E-state index contributed by atoms with van der Waals surface area (Å²) in [5, 5.41) is 7.20. The SMILES string of the molecule is O=C(NC1CN(S(=O)(=O)[O-])C1=O)C(=NOC(=O)C(Cl)Cl)c1cccs1.[Na+]. The molecule has 0 bridgehead atoms. The maximum absolute atomic E-state index is 12.2. The van der Waals surface area contributed by atoms with Crippen LogP contribution in [0.1, 0.15) is 4.88 Å². The molecule has 2 heterocycles. The van der Waals surface area contributed by atoms with Crippen molar-refractivity contribution in [1.29, 1.82) is 0 Å². The minimum Gasteiger partial charge on any atom is -0.731 e. The largest absolute Gasteiger partial charge is 1.00 e. The van der Waals surface area contributed by atoms with Crippen molar-refractivity contribution in [2.75, 3.05) is 6.54 Å². The average Bonchev–Trinajstić information content (AvgIpc) is 3.03. The van der Waals surface area contributed by atoms with E-state index in [1.54, 1.807) is 11.4 Å². The Hall–Kier alpha value is -0.730. The Kier molecular flexibility index (Phi) is 8.48. The number of rotatable bonds is 6. The number of hydrogen-bond acceptors (Lipinski definition) is 9. The quantitative estimate of drug-likeness (QED) is 0.0901.